The van der Waals surface area contributed by atoms with E-state index in [1.807, 2.05) is 141 Å². The number of methoxy groups -OCH3 is 1. The molecule has 0 spiro atoms. The van der Waals surface area contributed by atoms with Gasteiger partial charge < -0.3 is 64.2 Å². The molecule has 0 aliphatic carbocycles. The number of carboxylic acid groups (broad SMARTS) is 1. The van der Waals surface area contributed by atoms with Gasteiger partial charge in [0.2, 0.25) is 6.29 Å². The molecule has 1 heterocycles. The number of carbonyl (C=O) groups excluding carboxylic acids is 4. The van der Waals surface area contributed by atoms with Gasteiger partial charge in [-0.15, -0.1) is 11.8 Å². The van der Waals surface area contributed by atoms with Crippen molar-refractivity contribution in [2.75, 3.05) is 36.7 Å². The number of hydrogen-bond donors (Lipinski definition) is 7. The van der Waals surface area contributed by atoms with E-state index in [1.54, 1.807) is 56.8 Å². The van der Waals surface area contributed by atoms with Crippen molar-refractivity contribution in [3.63, 3.8) is 0 Å². The summed E-state index contributed by atoms with van der Waals surface area (Å²) < 4.78 is 37.5. The van der Waals surface area contributed by atoms with Gasteiger partial charge in [0.15, 0.2) is 6.29 Å². The molecule has 0 radical (unpaired) electrons. The molecule has 532 valence electrons. The van der Waals surface area contributed by atoms with Crippen LogP contribution in [0.25, 0.3) is 6.08 Å². The number of aliphatic hydroxyl groups excluding tert-OH is 3. The first kappa shape index (κ1) is 84.6. The van der Waals surface area contributed by atoms with Gasteiger partial charge in [0.05, 0.1) is 32.6 Å². The molecule has 1 aliphatic rings. The van der Waals surface area contributed by atoms with Crippen LogP contribution in [0, 0.1) is 27.6 Å². The second kappa shape index (κ2) is 37.3. The maximum atomic E-state index is 12.0. The van der Waals surface area contributed by atoms with E-state index >= 15 is 0 Å². The highest BCUT2D eigenvalue weighted by molar-refractivity contribution is 7.99. The molecule has 20 heteroatoms. The SMILES string of the molecule is CC(C)(C)NC(SCCOC(=O)C(C)(C)C)c1ccc(C(=O)O)cc1.CC(C)(C)Nc1ccc(/C=C/COC(=O)C(C)(C)C)cc1.CC(C)(C)Nc1ccc(COC(=O)C(C)(C)C)cc1.CO[C@H]1O[C@@H](Oc2ccc(COC(=O)C(C)(C)C)cc2CC(C)C)[C@H](O)[C@@H](O)[C@@H]1O. The summed E-state index contributed by atoms with van der Waals surface area (Å²) in [6.07, 6.45) is -2.17. The zero-order valence-electron chi connectivity index (χ0n) is 61.2. The minimum atomic E-state index is -1.47. The van der Waals surface area contributed by atoms with Crippen LogP contribution >= 0.6 is 11.8 Å². The first-order chi connectivity index (χ1) is 43.5. The third kappa shape index (κ3) is 33.8. The minimum Gasteiger partial charge on any atom is -0.478 e. The van der Waals surface area contributed by atoms with Crippen molar-refractivity contribution in [3.05, 3.63) is 130 Å². The van der Waals surface area contributed by atoms with E-state index in [1.165, 1.54) is 7.11 Å². The number of anilines is 2. The van der Waals surface area contributed by atoms with E-state index in [-0.39, 0.29) is 58.0 Å². The maximum Gasteiger partial charge on any atom is 0.335 e. The van der Waals surface area contributed by atoms with Crippen LogP contribution in [-0.4, -0.2) is 124 Å². The van der Waals surface area contributed by atoms with Crippen molar-refractivity contribution >= 4 is 59.1 Å². The predicted molar refractivity (Wildman–Crippen MR) is 379 cm³/mol. The van der Waals surface area contributed by atoms with Gasteiger partial charge in [-0.3, -0.25) is 24.5 Å². The van der Waals surface area contributed by atoms with Crippen molar-refractivity contribution in [2.45, 2.75) is 232 Å². The topological polar surface area (TPSA) is 267 Å². The van der Waals surface area contributed by atoms with Gasteiger partial charge >= 0.3 is 29.8 Å². The zero-order valence-corrected chi connectivity index (χ0v) is 62.0. The van der Waals surface area contributed by atoms with E-state index in [9.17, 15) is 39.3 Å². The van der Waals surface area contributed by atoms with Crippen molar-refractivity contribution in [2.24, 2.45) is 27.6 Å². The number of thioether (sulfide) groups is 1. The molecule has 0 bridgehead atoms. The molecule has 0 amide bonds. The van der Waals surface area contributed by atoms with Crippen molar-refractivity contribution in [1.29, 1.82) is 0 Å². The van der Waals surface area contributed by atoms with Crippen LogP contribution in [0.4, 0.5) is 11.4 Å². The molecule has 1 aliphatic heterocycles. The average molecular weight is 1350 g/mol. The molecule has 1 fully saturated rings. The molecule has 7 N–H and O–H groups in total. The molecular weight excluding hydrogens is 1230 g/mol. The van der Waals surface area contributed by atoms with Crippen LogP contribution in [0.5, 0.6) is 5.75 Å². The number of nitrogens with one attached hydrogen (secondary N) is 3. The van der Waals surface area contributed by atoms with E-state index in [4.69, 9.17) is 38.3 Å². The Balaban J connectivity index is 0.000000438. The number of carboxylic acids is 1. The number of carbonyl (C=O) groups is 5. The summed E-state index contributed by atoms with van der Waals surface area (Å²) >= 11 is 1.63. The molecule has 1 unspecified atom stereocenters. The highest BCUT2D eigenvalue weighted by Gasteiger charge is 2.45. The second-order valence-corrected chi connectivity index (χ2v) is 32.4. The smallest absolute Gasteiger partial charge is 0.335 e. The zero-order chi connectivity index (χ0) is 72.7. The first-order valence-electron chi connectivity index (χ1n) is 32.3. The van der Waals surface area contributed by atoms with Gasteiger partial charge in [0.1, 0.15) is 50.5 Å². The molecule has 4 aromatic rings. The van der Waals surface area contributed by atoms with Crippen molar-refractivity contribution in [3.8, 4) is 5.75 Å². The number of aliphatic hydroxyl groups is 3. The number of esters is 4. The second-order valence-electron chi connectivity index (χ2n) is 31.2. The molecule has 6 atom stereocenters. The summed E-state index contributed by atoms with van der Waals surface area (Å²) in [4.78, 5) is 58.1. The summed E-state index contributed by atoms with van der Waals surface area (Å²) in [6, 6.07) is 28.4. The van der Waals surface area contributed by atoms with Gasteiger partial charge in [-0.1, -0.05) is 62.4 Å². The molecule has 19 nitrogen and oxygen atoms in total. The summed E-state index contributed by atoms with van der Waals surface area (Å²) in [5.74, 6) is -0.358. The maximum absolute atomic E-state index is 12.0. The van der Waals surface area contributed by atoms with E-state index in [0.717, 1.165) is 39.2 Å². The van der Waals surface area contributed by atoms with Crippen molar-refractivity contribution in [1.82, 2.24) is 5.32 Å². The molecule has 1 saturated heterocycles. The third-order valence-electron chi connectivity index (χ3n) is 13.1. The molecule has 95 heavy (non-hydrogen) atoms. The summed E-state index contributed by atoms with van der Waals surface area (Å²) in [5.41, 5.74) is 5.17. The number of hydrogen-bond acceptors (Lipinski definition) is 19. The molecule has 4 aromatic carbocycles. The fourth-order valence-corrected chi connectivity index (χ4v) is 9.29. The fourth-order valence-electron chi connectivity index (χ4n) is 8.09. The van der Waals surface area contributed by atoms with Crippen LogP contribution in [-0.2, 0) is 67.2 Å². The van der Waals surface area contributed by atoms with Gasteiger partial charge in [0.25, 0.3) is 0 Å². The molecule has 0 saturated carbocycles. The van der Waals surface area contributed by atoms with E-state index in [2.05, 4.69) is 92.1 Å². The van der Waals surface area contributed by atoms with Gasteiger partial charge in [-0.05, 0) is 240 Å². The van der Waals surface area contributed by atoms with Gasteiger partial charge in [-0.25, -0.2) is 4.79 Å². The van der Waals surface area contributed by atoms with Crippen LogP contribution < -0.4 is 20.7 Å². The molecule has 0 aromatic heterocycles. The highest BCUT2D eigenvalue weighted by atomic mass is 32.2. The average Bonchev–Trinajstić information content (AvgIpc) is 0.812. The quantitative estimate of drug-likeness (QED) is 0.0177. The lowest BCUT2D eigenvalue weighted by Crippen LogP contribution is -2.59. The van der Waals surface area contributed by atoms with Crippen LogP contribution in [0.2, 0.25) is 0 Å². The third-order valence-corrected chi connectivity index (χ3v) is 14.2. The standard InChI is InChI=1S/C22H34O8.C19H29NO4S.C18H27NO2.C16H25NO2/c1-12(2)9-14-10-13(11-28-21(26)22(3,4)5)7-8-15(14)29-20-18(25)16(23)17(24)19(27-6)30-20;1-18(2,3)17(23)24-11-12-25-15(20-19(4,5)6)13-7-9-14(10-8-13)16(21)22;1-17(2,3)16(20)21-13-7-8-14-9-11-15(12-10-14)19-18(4,5)6;1-15(2,3)14(18)19-11-12-7-9-13(10-8-12)17-16(4,5)6/h7-8,10,12,16-20,23-25H,9,11H2,1-6H3;7-10,15,20H,11-12H2,1-6H3,(H,21,22);7-12,19H,13H2,1-6H3;7-10,17H,11H2,1-6H3/b;;8-7+;/t16-,17-,18+,19-,20+;;;/m0.../s1. The Kier molecular flexibility index (Phi) is 33.2. The lowest BCUT2D eigenvalue weighted by Gasteiger charge is -2.39. The Morgan fingerprint density at radius 3 is 1.43 bits per heavy atom. The number of ether oxygens (including phenoxy) is 7. The Labute approximate surface area is 571 Å². The monoisotopic (exact) mass is 1350 g/mol. The van der Waals surface area contributed by atoms with E-state index < -0.39 is 58.5 Å². The van der Waals surface area contributed by atoms with Crippen molar-refractivity contribution < 1.29 is 77.6 Å². The van der Waals surface area contributed by atoms with Crippen LogP contribution in [0.1, 0.15) is 203 Å². The predicted octanol–water partition coefficient (Wildman–Crippen LogP) is 14.3. The Hall–Kier alpha value is -6.52. The number of rotatable bonds is 21. The lowest BCUT2D eigenvalue weighted by atomic mass is 9.97. The largest absolute Gasteiger partial charge is 0.478 e. The highest BCUT2D eigenvalue weighted by Crippen LogP contribution is 2.32. The Morgan fingerprint density at radius 1 is 0.547 bits per heavy atom. The number of benzene rings is 4. The van der Waals surface area contributed by atoms with Crippen LogP contribution in [0.3, 0.4) is 0 Å². The van der Waals surface area contributed by atoms with Crippen LogP contribution in [0.15, 0.2) is 97.1 Å². The van der Waals surface area contributed by atoms with Gasteiger partial charge in [0, 0.05) is 40.9 Å². The summed E-state index contributed by atoms with van der Waals surface area (Å²) in [7, 11) is 1.33. The number of aromatic carboxylic acids is 1. The minimum absolute atomic E-state index is 0.0174. The molecular formula is C75H115N3O16S. The summed E-state index contributed by atoms with van der Waals surface area (Å²) in [6.45, 7) is 46.2. The normalized spacial score (nSPS) is 17.3. The first-order valence-corrected chi connectivity index (χ1v) is 33.4. The summed E-state index contributed by atoms with van der Waals surface area (Å²) in [5, 5.41) is 49.5. The fraction of sp³-hybridized carbons (Fsp3) is 0.587. The Bertz CT molecular complexity index is 3020. The van der Waals surface area contributed by atoms with Gasteiger partial charge in [-0.2, -0.15) is 0 Å². The Morgan fingerprint density at radius 2 is 0.989 bits per heavy atom. The lowest BCUT2D eigenvalue weighted by molar-refractivity contribution is -0.327. The molecule has 5 rings (SSSR count). The van der Waals surface area contributed by atoms with E-state index in [0.29, 0.717) is 43.7 Å².